The number of nitrogens with zero attached hydrogens (tertiary/aromatic N) is 4. The molecule has 212 valence electrons. The Morgan fingerprint density at radius 3 is 2.46 bits per heavy atom. The average Bonchev–Trinajstić information content (AvgIpc) is 3.28. The van der Waals surface area contributed by atoms with Crippen molar-refractivity contribution >= 4 is 17.0 Å². The van der Waals surface area contributed by atoms with Crippen molar-refractivity contribution in [2.75, 3.05) is 19.6 Å². The predicted molar refractivity (Wildman–Crippen MR) is 154 cm³/mol. The van der Waals surface area contributed by atoms with Crippen molar-refractivity contribution in [1.29, 1.82) is 0 Å². The summed E-state index contributed by atoms with van der Waals surface area (Å²) in [5.41, 5.74) is 2.42. The van der Waals surface area contributed by atoms with Crippen LogP contribution in [0.15, 0.2) is 24.3 Å². The van der Waals surface area contributed by atoms with Gasteiger partial charge in [-0.1, -0.05) is 38.3 Å². The smallest absolute Gasteiger partial charge is 0.306 e. The number of carboxylic acid groups (broad SMARTS) is 1. The van der Waals surface area contributed by atoms with E-state index in [0.29, 0.717) is 18.0 Å². The maximum atomic E-state index is 11.5. The quantitative estimate of drug-likeness (QED) is 0.486. The highest BCUT2D eigenvalue weighted by Crippen LogP contribution is 2.48. The number of para-hydroxylation sites is 2. The van der Waals surface area contributed by atoms with Crippen LogP contribution >= 0.6 is 0 Å². The average molecular weight is 533 g/mol. The van der Waals surface area contributed by atoms with Gasteiger partial charge in [-0.05, 0) is 107 Å². The minimum Gasteiger partial charge on any atom is -0.481 e. The van der Waals surface area contributed by atoms with Gasteiger partial charge in [0, 0.05) is 24.7 Å². The van der Waals surface area contributed by atoms with Crippen LogP contribution < -0.4 is 0 Å². The van der Waals surface area contributed by atoms with Crippen LogP contribution in [0.3, 0.4) is 0 Å². The fourth-order valence-corrected chi connectivity index (χ4v) is 9.62. The molecule has 2 aromatic rings. The normalized spacial score (nSPS) is 36.6. The van der Waals surface area contributed by atoms with Crippen molar-refractivity contribution in [3.05, 3.63) is 30.1 Å². The van der Waals surface area contributed by atoms with E-state index in [1.165, 1.54) is 82.1 Å². The lowest BCUT2D eigenvalue weighted by Gasteiger charge is -2.53. The molecule has 1 aromatic carbocycles. The van der Waals surface area contributed by atoms with E-state index in [4.69, 9.17) is 4.98 Å². The van der Waals surface area contributed by atoms with Crippen LogP contribution in [-0.4, -0.2) is 62.1 Å². The van der Waals surface area contributed by atoms with E-state index < -0.39 is 5.97 Å². The minimum atomic E-state index is -0.632. The third-order valence-corrected chi connectivity index (χ3v) is 11.5. The molecule has 8 rings (SSSR count). The Kier molecular flexibility index (Phi) is 7.21. The molecule has 0 spiro atoms. The van der Waals surface area contributed by atoms with Crippen LogP contribution in [0.1, 0.15) is 95.8 Å². The summed E-state index contributed by atoms with van der Waals surface area (Å²) < 4.78 is 2.67. The molecule has 4 heterocycles. The maximum Gasteiger partial charge on any atom is 0.306 e. The zero-order chi connectivity index (χ0) is 26.5. The monoisotopic (exact) mass is 532 g/mol. The molecule has 6 heteroatoms. The number of rotatable bonds is 5. The first-order valence-electron chi connectivity index (χ1n) is 16.2. The summed E-state index contributed by atoms with van der Waals surface area (Å²) in [5.74, 6) is 3.81. The number of benzene rings is 1. The van der Waals surface area contributed by atoms with Gasteiger partial charge in [0.25, 0.3) is 0 Å². The lowest BCUT2D eigenvalue weighted by molar-refractivity contribution is -0.143. The van der Waals surface area contributed by atoms with Gasteiger partial charge in [0.2, 0.25) is 0 Å². The Labute approximate surface area is 234 Å². The standard InChI is InChI=1S/C33H48N4O2/c1-22-9-10-27-19-31(26(15-22)20-36(27)28-17-23-5-4-6-24(16-23)18-28)37-30-8-3-2-7-29(30)34-32(37)21-35-13-11-25(12-14-35)33(38)39/h2-3,7-8,22-28,31H,4-6,9-21H2,1H3,(H,38,39)/t22-,23-,24+,26?,27+,28?,31-/m0/s1. The molecule has 1 N–H and O–H groups in total. The molecule has 3 saturated carbocycles. The predicted octanol–water partition coefficient (Wildman–Crippen LogP) is 6.35. The van der Waals surface area contributed by atoms with Gasteiger partial charge in [0.15, 0.2) is 0 Å². The number of likely N-dealkylation sites (tertiary alicyclic amines) is 1. The van der Waals surface area contributed by atoms with Gasteiger partial charge in [-0.25, -0.2) is 4.98 Å². The van der Waals surface area contributed by atoms with Crippen LogP contribution in [0.5, 0.6) is 0 Å². The summed E-state index contributed by atoms with van der Waals surface area (Å²) in [6.45, 7) is 6.30. The largest absolute Gasteiger partial charge is 0.481 e. The molecular weight excluding hydrogens is 484 g/mol. The highest BCUT2D eigenvalue weighted by atomic mass is 16.4. The van der Waals surface area contributed by atoms with Gasteiger partial charge in [0.1, 0.15) is 5.82 Å². The molecule has 39 heavy (non-hydrogen) atoms. The summed E-state index contributed by atoms with van der Waals surface area (Å²) in [4.78, 5) is 22.2. The topological polar surface area (TPSA) is 61.6 Å². The first-order chi connectivity index (χ1) is 19.0. The van der Waals surface area contributed by atoms with Crippen LogP contribution in [-0.2, 0) is 11.3 Å². The first kappa shape index (κ1) is 26.0. The zero-order valence-corrected chi connectivity index (χ0v) is 23.9. The van der Waals surface area contributed by atoms with Gasteiger partial charge in [-0.15, -0.1) is 0 Å². The van der Waals surface area contributed by atoms with E-state index in [2.05, 4.69) is 45.6 Å². The number of imidazole rings is 1. The molecule has 0 radical (unpaired) electrons. The Morgan fingerprint density at radius 1 is 0.923 bits per heavy atom. The number of piperidine rings is 2. The molecule has 6 nitrogen and oxygen atoms in total. The summed E-state index contributed by atoms with van der Waals surface area (Å²) in [5, 5.41) is 9.48. The van der Waals surface area contributed by atoms with Crippen LogP contribution in [0.2, 0.25) is 0 Å². The first-order valence-corrected chi connectivity index (χ1v) is 16.2. The summed E-state index contributed by atoms with van der Waals surface area (Å²) >= 11 is 0. The number of fused-ring (bicyclic) bond motifs is 8. The van der Waals surface area contributed by atoms with E-state index in [1.54, 1.807) is 0 Å². The van der Waals surface area contributed by atoms with Crippen LogP contribution in [0, 0.1) is 29.6 Å². The SMILES string of the molecule is C[C@H]1CC[C@@H]2C[C@H](n3c(CN4CCC(C(=O)O)CC4)nc4ccccc43)C(C1)CN2C1C[C@H]2CCC[C@@H](C1)C2. The fraction of sp³-hybridized carbons (Fsp3) is 0.758. The number of carboxylic acids is 1. The van der Waals surface area contributed by atoms with Crippen molar-refractivity contribution in [1.82, 2.24) is 19.4 Å². The maximum absolute atomic E-state index is 11.5. The molecule has 3 aliphatic carbocycles. The number of hydrogen-bond acceptors (Lipinski definition) is 4. The highest BCUT2D eigenvalue weighted by molar-refractivity contribution is 5.76. The Balaban J connectivity index is 1.17. The lowest BCUT2D eigenvalue weighted by Crippen LogP contribution is -2.55. The molecule has 7 atom stereocenters. The number of hydrogen-bond donors (Lipinski definition) is 1. The molecule has 1 aromatic heterocycles. The molecular formula is C33H48N4O2. The summed E-state index contributed by atoms with van der Waals surface area (Å²) in [6.07, 6.45) is 15.6. The molecule has 2 unspecified atom stereocenters. The van der Waals surface area contributed by atoms with Gasteiger partial charge in [0.05, 0.1) is 23.5 Å². The van der Waals surface area contributed by atoms with Crippen LogP contribution in [0.4, 0.5) is 0 Å². The van der Waals surface area contributed by atoms with Gasteiger partial charge >= 0.3 is 5.97 Å². The summed E-state index contributed by atoms with van der Waals surface area (Å²) in [7, 11) is 0. The van der Waals surface area contributed by atoms with Crippen molar-refractivity contribution < 1.29 is 9.90 Å². The Bertz CT molecular complexity index is 1160. The number of carbonyl (C=O) groups is 1. The second kappa shape index (κ2) is 10.8. The van der Waals surface area contributed by atoms with Crippen molar-refractivity contribution in [2.24, 2.45) is 29.6 Å². The van der Waals surface area contributed by atoms with Crippen molar-refractivity contribution in [3.8, 4) is 0 Å². The van der Waals surface area contributed by atoms with E-state index >= 15 is 0 Å². The fourth-order valence-electron chi connectivity index (χ4n) is 9.62. The zero-order valence-electron chi connectivity index (χ0n) is 23.9. The van der Waals surface area contributed by atoms with E-state index in [1.807, 2.05) is 0 Å². The Morgan fingerprint density at radius 2 is 1.69 bits per heavy atom. The van der Waals surface area contributed by atoms with Gasteiger partial charge in [-0.3, -0.25) is 14.6 Å². The van der Waals surface area contributed by atoms with Crippen molar-refractivity contribution in [2.45, 2.75) is 109 Å². The molecule has 6 fully saturated rings. The number of aromatic nitrogens is 2. The van der Waals surface area contributed by atoms with E-state index in [9.17, 15) is 9.90 Å². The Hall–Kier alpha value is -1.92. The van der Waals surface area contributed by atoms with Crippen LogP contribution in [0.25, 0.3) is 11.0 Å². The van der Waals surface area contributed by atoms with Crippen molar-refractivity contribution in [3.63, 3.8) is 0 Å². The third kappa shape index (κ3) is 5.16. The lowest BCUT2D eigenvalue weighted by atomic mass is 9.68. The highest BCUT2D eigenvalue weighted by Gasteiger charge is 2.45. The van der Waals surface area contributed by atoms with E-state index in [-0.39, 0.29) is 5.92 Å². The second-order valence-corrected chi connectivity index (χ2v) is 14.1. The minimum absolute atomic E-state index is 0.187. The third-order valence-electron chi connectivity index (χ3n) is 11.5. The summed E-state index contributed by atoms with van der Waals surface area (Å²) in [6, 6.07) is 10.8. The molecule has 3 saturated heterocycles. The molecule has 4 bridgehead atoms. The number of aliphatic carboxylic acids is 1. The van der Waals surface area contributed by atoms with Gasteiger partial charge < -0.3 is 9.67 Å². The van der Waals surface area contributed by atoms with Gasteiger partial charge in [-0.2, -0.15) is 0 Å². The molecule has 0 amide bonds. The van der Waals surface area contributed by atoms with E-state index in [0.717, 1.165) is 61.8 Å². The molecule has 3 aliphatic heterocycles. The second-order valence-electron chi connectivity index (χ2n) is 14.1. The molecule has 6 aliphatic rings.